The number of hydrogen-bond acceptors (Lipinski definition) is 6. The van der Waals surface area contributed by atoms with E-state index in [1.165, 1.54) is 6.26 Å². The van der Waals surface area contributed by atoms with Gasteiger partial charge in [0.25, 0.3) is 5.91 Å². The lowest BCUT2D eigenvalue weighted by Gasteiger charge is -2.30. The number of nitrogens with zero attached hydrogens (tertiary/aromatic N) is 4. The van der Waals surface area contributed by atoms with Crippen molar-refractivity contribution in [2.75, 3.05) is 5.32 Å². The highest BCUT2D eigenvalue weighted by atomic mass is 16.3. The normalized spacial score (nSPS) is 18.5. The summed E-state index contributed by atoms with van der Waals surface area (Å²) < 4.78 is 7.07. The molecule has 1 amide bonds. The lowest BCUT2D eigenvalue weighted by atomic mass is 9.91. The van der Waals surface area contributed by atoms with Crippen molar-refractivity contribution in [3.05, 3.63) is 66.5 Å². The summed E-state index contributed by atoms with van der Waals surface area (Å²) in [5.74, 6) is 2.02. The monoisotopic (exact) mass is 444 g/mol. The minimum absolute atomic E-state index is 0.149. The maximum absolute atomic E-state index is 12.3. The van der Waals surface area contributed by atoms with E-state index in [0.29, 0.717) is 5.76 Å². The van der Waals surface area contributed by atoms with E-state index in [9.17, 15) is 4.79 Å². The molecule has 0 saturated heterocycles. The Hall–Kier alpha value is -3.68. The molecule has 0 atom stereocenters. The standard InChI is InChI=1S/C25H28N6O2/c1-16(2)22-29-23(20-15-26-31(24(20)30-22)19-7-4-3-5-8-19)27-17-10-12-18(13-11-17)28-25(32)21-9-6-14-33-21/h3-9,14-18H,10-13H2,1-2H3,(H,28,32)(H,27,29,30). The number of carbonyl (C=O) groups is 1. The summed E-state index contributed by atoms with van der Waals surface area (Å²) in [7, 11) is 0. The van der Waals surface area contributed by atoms with Crippen LogP contribution in [-0.4, -0.2) is 37.7 Å². The van der Waals surface area contributed by atoms with Gasteiger partial charge in [-0.25, -0.2) is 14.6 Å². The maximum atomic E-state index is 12.3. The van der Waals surface area contributed by atoms with E-state index in [2.05, 4.69) is 29.6 Å². The second-order valence-corrected chi connectivity index (χ2v) is 8.86. The largest absolute Gasteiger partial charge is 0.459 e. The fourth-order valence-electron chi connectivity index (χ4n) is 4.29. The Morgan fingerprint density at radius 1 is 1.03 bits per heavy atom. The molecule has 0 unspecified atom stereocenters. The molecule has 3 aromatic heterocycles. The molecule has 1 aromatic carbocycles. The van der Waals surface area contributed by atoms with Crippen LogP contribution in [0.5, 0.6) is 0 Å². The summed E-state index contributed by atoms with van der Waals surface area (Å²) in [4.78, 5) is 21.9. The summed E-state index contributed by atoms with van der Waals surface area (Å²) in [6.07, 6.45) is 7.04. The zero-order chi connectivity index (χ0) is 22.8. The highest BCUT2D eigenvalue weighted by molar-refractivity contribution is 5.91. The SMILES string of the molecule is CC(C)c1nc(NC2CCC(NC(=O)c3ccco3)CC2)c2cnn(-c3ccccc3)c2n1. The van der Waals surface area contributed by atoms with Crippen LogP contribution < -0.4 is 10.6 Å². The molecule has 33 heavy (non-hydrogen) atoms. The third-order valence-electron chi connectivity index (χ3n) is 6.11. The fraction of sp³-hybridized carbons (Fsp3) is 0.360. The number of fused-ring (bicyclic) bond motifs is 1. The molecule has 3 heterocycles. The van der Waals surface area contributed by atoms with Gasteiger partial charge in [-0.15, -0.1) is 0 Å². The van der Waals surface area contributed by atoms with Gasteiger partial charge in [0.2, 0.25) is 0 Å². The first-order chi connectivity index (χ1) is 16.1. The number of anilines is 1. The fourth-order valence-corrected chi connectivity index (χ4v) is 4.29. The molecule has 1 aliphatic rings. The number of amides is 1. The average Bonchev–Trinajstić information content (AvgIpc) is 3.51. The number of benzene rings is 1. The van der Waals surface area contributed by atoms with E-state index >= 15 is 0 Å². The van der Waals surface area contributed by atoms with Crippen LogP contribution in [0.25, 0.3) is 16.7 Å². The van der Waals surface area contributed by atoms with Crippen molar-refractivity contribution in [2.24, 2.45) is 0 Å². The number of furan rings is 1. The molecule has 2 N–H and O–H groups in total. The van der Waals surface area contributed by atoms with Crippen molar-refractivity contribution in [3.63, 3.8) is 0 Å². The second kappa shape index (κ2) is 9.05. The first-order valence-corrected chi connectivity index (χ1v) is 11.5. The van der Waals surface area contributed by atoms with Gasteiger partial charge in [0.15, 0.2) is 11.4 Å². The molecule has 0 radical (unpaired) electrons. The Balaban J connectivity index is 1.33. The third kappa shape index (κ3) is 4.46. The predicted octanol–water partition coefficient (Wildman–Crippen LogP) is 4.69. The molecule has 1 fully saturated rings. The molecule has 0 spiro atoms. The van der Waals surface area contributed by atoms with E-state index in [4.69, 9.17) is 14.4 Å². The van der Waals surface area contributed by atoms with Crippen LogP contribution in [-0.2, 0) is 0 Å². The van der Waals surface area contributed by atoms with Crippen molar-refractivity contribution in [1.82, 2.24) is 25.1 Å². The minimum Gasteiger partial charge on any atom is -0.459 e. The molecule has 8 nitrogen and oxygen atoms in total. The van der Waals surface area contributed by atoms with Gasteiger partial charge in [0.1, 0.15) is 11.6 Å². The number of nitrogens with one attached hydrogen (secondary N) is 2. The lowest BCUT2D eigenvalue weighted by molar-refractivity contribution is 0.0898. The predicted molar refractivity (Wildman–Crippen MR) is 127 cm³/mol. The molecule has 170 valence electrons. The number of para-hydroxylation sites is 1. The van der Waals surface area contributed by atoms with Crippen LogP contribution in [0.2, 0.25) is 0 Å². The second-order valence-electron chi connectivity index (χ2n) is 8.86. The zero-order valence-corrected chi connectivity index (χ0v) is 18.9. The number of hydrogen-bond donors (Lipinski definition) is 2. The third-order valence-corrected chi connectivity index (χ3v) is 6.11. The smallest absolute Gasteiger partial charge is 0.287 e. The van der Waals surface area contributed by atoms with Crippen molar-refractivity contribution in [1.29, 1.82) is 0 Å². The van der Waals surface area contributed by atoms with Crippen molar-refractivity contribution in [2.45, 2.75) is 57.5 Å². The van der Waals surface area contributed by atoms with Crippen LogP contribution in [0.1, 0.15) is 61.8 Å². The molecular formula is C25H28N6O2. The Labute approximate surface area is 192 Å². The molecule has 1 saturated carbocycles. The zero-order valence-electron chi connectivity index (χ0n) is 18.9. The summed E-state index contributed by atoms with van der Waals surface area (Å²) in [5.41, 5.74) is 1.78. The first kappa shape index (κ1) is 21.2. The molecule has 4 aromatic rings. The lowest BCUT2D eigenvalue weighted by Crippen LogP contribution is -2.40. The topological polar surface area (TPSA) is 97.9 Å². The van der Waals surface area contributed by atoms with E-state index in [1.807, 2.05) is 41.2 Å². The Morgan fingerprint density at radius 3 is 2.48 bits per heavy atom. The van der Waals surface area contributed by atoms with Gasteiger partial charge in [-0.2, -0.15) is 5.10 Å². The van der Waals surface area contributed by atoms with Gasteiger partial charge in [0.05, 0.1) is 23.5 Å². The molecule has 1 aliphatic carbocycles. The van der Waals surface area contributed by atoms with Crippen molar-refractivity contribution in [3.8, 4) is 5.69 Å². The molecule has 0 bridgehead atoms. The van der Waals surface area contributed by atoms with Crippen molar-refractivity contribution < 1.29 is 9.21 Å². The summed E-state index contributed by atoms with van der Waals surface area (Å²) in [6.45, 7) is 4.20. The molecule has 8 heteroatoms. The number of rotatable bonds is 6. The molecule has 0 aliphatic heterocycles. The van der Waals surface area contributed by atoms with Gasteiger partial charge in [0, 0.05) is 18.0 Å². The van der Waals surface area contributed by atoms with Gasteiger partial charge in [-0.05, 0) is 49.9 Å². The average molecular weight is 445 g/mol. The molecular weight excluding hydrogens is 416 g/mol. The van der Waals surface area contributed by atoms with E-state index in [1.54, 1.807) is 12.1 Å². The van der Waals surface area contributed by atoms with Gasteiger partial charge >= 0.3 is 0 Å². The Bertz CT molecular complexity index is 1220. The van der Waals surface area contributed by atoms with E-state index in [0.717, 1.165) is 54.0 Å². The van der Waals surface area contributed by atoms with Crippen LogP contribution in [0.15, 0.2) is 59.3 Å². The highest BCUT2D eigenvalue weighted by Crippen LogP contribution is 2.28. The Morgan fingerprint density at radius 2 is 1.79 bits per heavy atom. The van der Waals surface area contributed by atoms with Crippen LogP contribution in [0, 0.1) is 0 Å². The maximum Gasteiger partial charge on any atom is 0.287 e. The number of aromatic nitrogens is 4. The van der Waals surface area contributed by atoms with Crippen LogP contribution >= 0.6 is 0 Å². The summed E-state index contributed by atoms with van der Waals surface area (Å²) >= 11 is 0. The Kier molecular flexibility index (Phi) is 5.81. The molecule has 5 rings (SSSR count). The first-order valence-electron chi connectivity index (χ1n) is 11.5. The summed E-state index contributed by atoms with van der Waals surface area (Å²) in [5, 5.41) is 12.3. The van der Waals surface area contributed by atoms with Gasteiger partial charge in [-0.3, -0.25) is 4.79 Å². The number of carbonyl (C=O) groups excluding carboxylic acids is 1. The summed E-state index contributed by atoms with van der Waals surface area (Å²) in [6, 6.07) is 13.9. The van der Waals surface area contributed by atoms with E-state index < -0.39 is 0 Å². The van der Waals surface area contributed by atoms with Gasteiger partial charge in [-0.1, -0.05) is 32.0 Å². The quantitative estimate of drug-likeness (QED) is 0.448. The van der Waals surface area contributed by atoms with Gasteiger partial charge < -0.3 is 15.1 Å². The minimum atomic E-state index is -0.149. The van der Waals surface area contributed by atoms with Crippen molar-refractivity contribution >= 4 is 22.8 Å². The van der Waals surface area contributed by atoms with Crippen LogP contribution in [0.4, 0.5) is 5.82 Å². The van der Waals surface area contributed by atoms with Crippen LogP contribution in [0.3, 0.4) is 0 Å². The highest BCUT2D eigenvalue weighted by Gasteiger charge is 2.25. The van der Waals surface area contributed by atoms with E-state index in [-0.39, 0.29) is 23.9 Å².